The van der Waals surface area contributed by atoms with Crippen molar-refractivity contribution in [2.45, 2.75) is 26.3 Å². The first-order chi connectivity index (χ1) is 15.8. The predicted molar refractivity (Wildman–Crippen MR) is 129 cm³/mol. The number of benzene rings is 1. The van der Waals surface area contributed by atoms with Gasteiger partial charge in [0.2, 0.25) is 11.8 Å². The monoisotopic (exact) mass is 447 g/mol. The largest absolute Gasteiger partial charge is 0.481 e. The van der Waals surface area contributed by atoms with Crippen LogP contribution >= 0.6 is 0 Å². The molecule has 1 fully saturated rings. The molecule has 0 unspecified atom stereocenters. The fraction of sp³-hybridized carbons (Fsp3) is 0.423. The second-order valence-electron chi connectivity index (χ2n) is 9.25. The lowest BCUT2D eigenvalue weighted by atomic mass is 9.79. The van der Waals surface area contributed by atoms with Crippen molar-refractivity contribution in [3.8, 4) is 17.0 Å². The Bertz CT molecular complexity index is 1110. The van der Waals surface area contributed by atoms with Crippen molar-refractivity contribution in [1.29, 1.82) is 0 Å². The highest BCUT2D eigenvalue weighted by atomic mass is 16.5. The van der Waals surface area contributed by atoms with Gasteiger partial charge in [0.25, 0.3) is 0 Å². The van der Waals surface area contributed by atoms with Gasteiger partial charge in [-0.15, -0.1) is 0 Å². The van der Waals surface area contributed by atoms with Gasteiger partial charge in [0.05, 0.1) is 23.8 Å². The summed E-state index contributed by atoms with van der Waals surface area (Å²) in [6.07, 6.45) is 5.20. The van der Waals surface area contributed by atoms with Crippen LogP contribution in [0.1, 0.15) is 23.2 Å². The number of carbonyl (C=O) groups is 1. The Balaban J connectivity index is 1.55. The smallest absolute Gasteiger partial charge is 0.229 e. The summed E-state index contributed by atoms with van der Waals surface area (Å²) < 4.78 is 7.36. The van der Waals surface area contributed by atoms with Crippen molar-refractivity contribution in [3.05, 3.63) is 65.6 Å². The highest BCUT2D eigenvalue weighted by molar-refractivity contribution is 5.83. The molecular formula is C26H33N5O2. The molecule has 3 heterocycles. The number of carbonyl (C=O) groups excluding carboxylic acids is 1. The molecule has 0 saturated carbocycles. The number of hydrogen-bond donors (Lipinski definition) is 0. The van der Waals surface area contributed by atoms with Crippen LogP contribution in [0.4, 0.5) is 0 Å². The number of likely N-dealkylation sites (tertiary alicyclic amines) is 1. The summed E-state index contributed by atoms with van der Waals surface area (Å²) in [5, 5.41) is 4.51. The minimum atomic E-state index is -0.442. The van der Waals surface area contributed by atoms with Crippen molar-refractivity contribution in [2.24, 2.45) is 12.5 Å². The van der Waals surface area contributed by atoms with E-state index in [1.54, 1.807) is 22.9 Å². The molecule has 7 heteroatoms. The maximum absolute atomic E-state index is 13.4. The van der Waals surface area contributed by atoms with Crippen molar-refractivity contribution in [1.82, 2.24) is 24.6 Å². The third kappa shape index (κ3) is 4.64. The molecule has 1 saturated heterocycles. The van der Waals surface area contributed by atoms with Gasteiger partial charge < -0.3 is 9.64 Å². The zero-order valence-electron chi connectivity index (χ0n) is 20.2. The summed E-state index contributed by atoms with van der Waals surface area (Å²) in [5.41, 5.74) is 5.02. The van der Waals surface area contributed by atoms with Gasteiger partial charge in [-0.25, -0.2) is 4.68 Å². The molecular weight excluding hydrogens is 414 g/mol. The van der Waals surface area contributed by atoms with Gasteiger partial charge in [-0.2, -0.15) is 5.10 Å². The highest BCUT2D eigenvalue weighted by Gasteiger charge is 2.45. The minimum absolute atomic E-state index is 0.191. The topological polar surface area (TPSA) is 63.5 Å². The summed E-state index contributed by atoms with van der Waals surface area (Å²) in [4.78, 5) is 21.7. The summed E-state index contributed by atoms with van der Waals surface area (Å²) in [6.45, 7) is 4.32. The molecule has 0 aliphatic carbocycles. The van der Waals surface area contributed by atoms with Crippen LogP contribution in [0.5, 0.6) is 5.88 Å². The number of methoxy groups -OCH3 is 1. The first-order valence-electron chi connectivity index (χ1n) is 11.3. The highest BCUT2D eigenvalue weighted by Crippen LogP contribution is 2.38. The Morgan fingerprint density at radius 2 is 1.94 bits per heavy atom. The molecule has 4 rings (SSSR count). The molecule has 174 valence electrons. The Labute approximate surface area is 196 Å². The maximum Gasteiger partial charge on any atom is 0.229 e. The average molecular weight is 448 g/mol. The van der Waals surface area contributed by atoms with E-state index in [0.717, 1.165) is 54.2 Å². The van der Waals surface area contributed by atoms with Crippen LogP contribution in [0.15, 0.2) is 48.8 Å². The quantitative estimate of drug-likeness (QED) is 0.556. The van der Waals surface area contributed by atoms with Crippen LogP contribution in [0, 0.1) is 12.3 Å². The first kappa shape index (κ1) is 23.0. The van der Waals surface area contributed by atoms with Crippen LogP contribution in [-0.4, -0.2) is 64.8 Å². The molecule has 33 heavy (non-hydrogen) atoms. The second kappa shape index (κ2) is 9.35. The second-order valence-corrected chi connectivity index (χ2v) is 9.25. The molecule has 0 radical (unpaired) electrons. The Hall–Kier alpha value is -3.19. The molecule has 3 aromatic rings. The van der Waals surface area contributed by atoms with E-state index < -0.39 is 5.41 Å². The van der Waals surface area contributed by atoms with E-state index in [2.05, 4.69) is 45.3 Å². The van der Waals surface area contributed by atoms with Gasteiger partial charge in [-0.05, 0) is 49.1 Å². The van der Waals surface area contributed by atoms with Crippen LogP contribution in [0.25, 0.3) is 11.1 Å². The number of aryl methyl sites for hydroxylation is 2. The fourth-order valence-corrected chi connectivity index (χ4v) is 5.04. The van der Waals surface area contributed by atoms with Gasteiger partial charge in [0.1, 0.15) is 0 Å². The van der Waals surface area contributed by atoms with E-state index in [1.807, 2.05) is 40.3 Å². The Kier molecular flexibility index (Phi) is 6.51. The standard InChI is InChI=1S/C26H33N5O2/c1-19-23(24(33-5)30(4)28-19)17-31-14-12-26(18-31,25(32)29(2)3)15-20-8-10-21(11-9-20)22-7-6-13-27-16-22/h6-11,13,16H,12,14-15,17-18H2,1-5H3/t26-/m0/s1. The van der Waals surface area contributed by atoms with Crippen LogP contribution < -0.4 is 4.74 Å². The molecule has 7 nitrogen and oxygen atoms in total. The number of ether oxygens (including phenoxy) is 1. The molecule has 1 aliphatic heterocycles. The van der Waals surface area contributed by atoms with Gasteiger partial charge in [-0.3, -0.25) is 14.7 Å². The minimum Gasteiger partial charge on any atom is -0.481 e. The summed E-state index contributed by atoms with van der Waals surface area (Å²) in [6, 6.07) is 12.5. The zero-order chi connectivity index (χ0) is 23.6. The van der Waals surface area contributed by atoms with Gasteiger partial charge in [0, 0.05) is 46.6 Å². The Morgan fingerprint density at radius 1 is 1.18 bits per heavy atom. The SMILES string of the molecule is COc1c(CN2CC[C@@](Cc3ccc(-c4cccnc4)cc3)(C(=O)N(C)C)C2)c(C)nn1C. The molecule has 0 N–H and O–H groups in total. The van der Waals surface area contributed by atoms with Crippen LogP contribution in [0.3, 0.4) is 0 Å². The van der Waals surface area contributed by atoms with Crippen molar-refractivity contribution in [2.75, 3.05) is 34.3 Å². The van der Waals surface area contributed by atoms with Gasteiger partial charge >= 0.3 is 0 Å². The number of aromatic nitrogens is 3. The zero-order valence-corrected chi connectivity index (χ0v) is 20.2. The molecule has 1 aromatic carbocycles. The molecule has 2 aromatic heterocycles. The number of rotatable bonds is 7. The van der Waals surface area contributed by atoms with Crippen molar-refractivity contribution in [3.63, 3.8) is 0 Å². The molecule has 1 amide bonds. The van der Waals surface area contributed by atoms with Gasteiger partial charge in [-0.1, -0.05) is 30.3 Å². The molecule has 0 spiro atoms. The van der Waals surface area contributed by atoms with Crippen LogP contribution in [-0.2, 0) is 24.8 Å². The number of pyridine rings is 1. The van der Waals surface area contributed by atoms with Crippen LogP contribution in [0.2, 0.25) is 0 Å². The number of amides is 1. The summed E-state index contributed by atoms with van der Waals surface area (Å²) >= 11 is 0. The lowest BCUT2D eigenvalue weighted by molar-refractivity contribution is -0.138. The third-order valence-corrected chi connectivity index (χ3v) is 6.65. The fourth-order valence-electron chi connectivity index (χ4n) is 5.04. The third-order valence-electron chi connectivity index (χ3n) is 6.65. The van der Waals surface area contributed by atoms with E-state index in [9.17, 15) is 4.79 Å². The number of hydrogen-bond acceptors (Lipinski definition) is 5. The molecule has 0 bridgehead atoms. The normalized spacial score (nSPS) is 18.5. The average Bonchev–Trinajstić information content (AvgIpc) is 3.34. The maximum atomic E-state index is 13.4. The van der Waals surface area contributed by atoms with Gasteiger partial charge in [0.15, 0.2) is 0 Å². The number of nitrogens with zero attached hydrogens (tertiary/aromatic N) is 5. The lowest BCUT2D eigenvalue weighted by Gasteiger charge is -2.31. The van der Waals surface area contributed by atoms with E-state index in [4.69, 9.17) is 4.74 Å². The molecule has 1 atom stereocenters. The van der Waals surface area contributed by atoms with E-state index in [1.165, 1.54) is 5.56 Å². The van der Waals surface area contributed by atoms with E-state index in [-0.39, 0.29) is 5.91 Å². The Morgan fingerprint density at radius 3 is 2.58 bits per heavy atom. The van der Waals surface area contributed by atoms with E-state index in [0.29, 0.717) is 6.54 Å². The van der Waals surface area contributed by atoms with Crippen molar-refractivity contribution < 1.29 is 9.53 Å². The van der Waals surface area contributed by atoms with E-state index >= 15 is 0 Å². The summed E-state index contributed by atoms with van der Waals surface area (Å²) in [5.74, 6) is 0.978. The molecule has 1 aliphatic rings. The summed E-state index contributed by atoms with van der Waals surface area (Å²) in [7, 11) is 7.28. The first-order valence-corrected chi connectivity index (χ1v) is 11.3. The van der Waals surface area contributed by atoms with Crippen molar-refractivity contribution >= 4 is 5.91 Å². The lowest BCUT2D eigenvalue weighted by Crippen LogP contribution is -2.43. The predicted octanol–water partition coefficient (Wildman–Crippen LogP) is 3.32.